The highest BCUT2D eigenvalue weighted by Crippen LogP contribution is 2.24. The van der Waals surface area contributed by atoms with E-state index in [2.05, 4.69) is 9.88 Å². The number of rotatable bonds is 3. The van der Waals surface area contributed by atoms with E-state index >= 15 is 0 Å². The number of anilines is 1. The van der Waals surface area contributed by atoms with E-state index < -0.39 is 0 Å². The predicted molar refractivity (Wildman–Crippen MR) is 94.4 cm³/mol. The van der Waals surface area contributed by atoms with Crippen molar-refractivity contribution in [1.82, 2.24) is 9.55 Å². The van der Waals surface area contributed by atoms with Crippen LogP contribution in [0.15, 0.2) is 59.7 Å². The zero-order valence-corrected chi connectivity index (χ0v) is 13.3. The van der Waals surface area contributed by atoms with Crippen molar-refractivity contribution in [1.29, 1.82) is 0 Å². The highest BCUT2D eigenvalue weighted by Gasteiger charge is 2.24. The van der Waals surface area contributed by atoms with Crippen LogP contribution in [0.2, 0.25) is 0 Å². The predicted octanol–water partition coefficient (Wildman–Crippen LogP) is 2.63. The van der Waals surface area contributed by atoms with Crippen molar-refractivity contribution in [3.8, 4) is 5.75 Å². The average molecular weight is 321 g/mol. The van der Waals surface area contributed by atoms with Crippen molar-refractivity contribution in [3.05, 3.63) is 65.2 Å². The number of nitrogens with zero attached hydrogens (tertiary/aromatic N) is 3. The summed E-state index contributed by atoms with van der Waals surface area (Å²) >= 11 is 0. The van der Waals surface area contributed by atoms with Crippen LogP contribution in [0.5, 0.6) is 5.75 Å². The van der Waals surface area contributed by atoms with E-state index in [4.69, 9.17) is 0 Å². The van der Waals surface area contributed by atoms with Crippen molar-refractivity contribution < 1.29 is 5.11 Å². The van der Waals surface area contributed by atoms with Crippen LogP contribution in [0.3, 0.4) is 0 Å². The van der Waals surface area contributed by atoms with Gasteiger partial charge in [0, 0.05) is 32.0 Å². The van der Waals surface area contributed by atoms with Gasteiger partial charge >= 0.3 is 0 Å². The first kappa shape index (κ1) is 14.8. The van der Waals surface area contributed by atoms with Gasteiger partial charge in [0.25, 0.3) is 5.56 Å². The number of fused-ring (bicyclic) bond motifs is 1. The molecule has 5 heteroatoms. The second-order valence-corrected chi connectivity index (χ2v) is 6.30. The van der Waals surface area contributed by atoms with Gasteiger partial charge in [-0.2, -0.15) is 0 Å². The lowest BCUT2D eigenvalue weighted by atomic mass is 10.1. The second-order valence-electron chi connectivity index (χ2n) is 6.30. The molecule has 0 spiro atoms. The summed E-state index contributed by atoms with van der Waals surface area (Å²) < 4.78 is 1.72. The Bertz CT molecular complexity index is 921. The van der Waals surface area contributed by atoms with Crippen molar-refractivity contribution in [2.75, 3.05) is 18.0 Å². The molecule has 2 aromatic heterocycles. The number of phenols is 1. The fourth-order valence-corrected chi connectivity index (χ4v) is 3.46. The van der Waals surface area contributed by atoms with Gasteiger partial charge in [0.15, 0.2) is 0 Å². The SMILES string of the molecule is O=c1c2c(O)cccc2ccn1CC1CCN(c2ccccn2)C1. The van der Waals surface area contributed by atoms with E-state index in [9.17, 15) is 9.90 Å². The number of aromatic nitrogens is 2. The molecule has 0 amide bonds. The number of hydrogen-bond donors (Lipinski definition) is 1. The van der Waals surface area contributed by atoms with Gasteiger partial charge in [-0.3, -0.25) is 4.79 Å². The molecule has 1 saturated heterocycles. The minimum absolute atomic E-state index is 0.0494. The van der Waals surface area contributed by atoms with E-state index in [0.717, 1.165) is 30.7 Å². The van der Waals surface area contributed by atoms with Gasteiger partial charge in [0.2, 0.25) is 0 Å². The minimum Gasteiger partial charge on any atom is -0.507 e. The Morgan fingerprint density at radius 3 is 2.92 bits per heavy atom. The zero-order chi connectivity index (χ0) is 16.5. The van der Waals surface area contributed by atoms with E-state index in [1.54, 1.807) is 22.9 Å². The molecule has 3 aromatic rings. The topological polar surface area (TPSA) is 58.4 Å². The van der Waals surface area contributed by atoms with E-state index in [-0.39, 0.29) is 11.3 Å². The summed E-state index contributed by atoms with van der Waals surface area (Å²) in [5.41, 5.74) is -0.123. The Morgan fingerprint density at radius 2 is 2.08 bits per heavy atom. The molecule has 1 unspecified atom stereocenters. The highest BCUT2D eigenvalue weighted by molar-refractivity contribution is 5.86. The first-order chi connectivity index (χ1) is 11.7. The number of pyridine rings is 2. The fraction of sp³-hybridized carbons (Fsp3) is 0.263. The molecule has 3 heterocycles. The Hall–Kier alpha value is -2.82. The molecule has 0 aliphatic carbocycles. The summed E-state index contributed by atoms with van der Waals surface area (Å²) in [7, 11) is 0. The lowest BCUT2D eigenvalue weighted by molar-refractivity contribution is 0.470. The molecule has 1 N–H and O–H groups in total. The maximum Gasteiger partial charge on any atom is 0.262 e. The molecule has 0 radical (unpaired) electrons. The van der Waals surface area contributed by atoms with Crippen molar-refractivity contribution in [3.63, 3.8) is 0 Å². The maximum atomic E-state index is 12.7. The molecule has 1 atom stereocenters. The highest BCUT2D eigenvalue weighted by atomic mass is 16.3. The molecule has 24 heavy (non-hydrogen) atoms. The molecule has 1 fully saturated rings. The average Bonchev–Trinajstić information content (AvgIpc) is 3.07. The van der Waals surface area contributed by atoms with Crippen LogP contribution in [0.4, 0.5) is 5.82 Å². The third-order valence-electron chi connectivity index (χ3n) is 4.70. The monoisotopic (exact) mass is 321 g/mol. The van der Waals surface area contributed by atoms with Gasteiger partial charge in [-0.15, -0.1) is 0 Å². The van der Waals surface area contributed by atoms with Gasteiger partial charge < -0.3 is 14.6 Å². The first-order valence-electron chi connectivity index (χ1n) is 8.19. The number of phenolic OH excluding ortho intramolecular Hbond substituents is 1. The molecular formula is C19H19N3O2. The van der Waals surface area contributed by atoms with Crippen LogP contribution >= 0.6 is 0 Å². The normalized spacial score (nSPS) is 17.5. The molecule has 0 saturated carbocycles. The largest absolute Gasteiger partial charge is 0.507 e. The third kappa shape index (κ3) is 2.62. The van der Waals surface area contributed by atoms with Crippen LogP contribution in [0.1, 0.15) is 6.42 Å². The smallest absolute Gasteiger partial charge is 0.262 e. The fourth-order valence-electron chi connectivity index (χ4n) is 3.46. The summed E-state index contributed by atoms with van der Waals surface area (Å²) in [4.78, 5) is 19.3. The number of benzene rings is 1. The molecule has 122 valence electrons. The van der Waals surface area contributed by atoms with Crippen molar-refractivity contribution >= 4 is 16.6 Å². The third-order valence-corrected chi connectivity index (χ3v) is 4.70. The van der Waals surface area contributed by atoms with Crippen molar-refractivity contribution in [2.45, 2.75) is 13.0 Å². The van der Waals surface area contributed by atoms with Gasteiger partial charge in [0.1, 0.15) is 11.6 Å². The van der Waals surface area contributed by atoms with Crippen LogP contribution in [-0.4, -0.2) is 27.7 Å². The van der Waals surface area contributed by atoms with Gasteiger partial charge in [-0.25, -0.2) is 4.98 Å². The van der Waals surface area contributed by atoms with E-state index in [1.807, 2.05) is 36.5 Å². The Balaban J connectivity index is 1.56. The molecule has 4 rings (SSSR count). The lowest BCUT2D eigenvalue weighted by Gasteiger charge is -2.17. The Morgan fingerprint density at radius 1 is 1.17 bits per heavy atom. The van der Waals surface area contributed by atoms with Crippen molar-refractivity contribution in [2.24, 2.45) is 5.92 Å². The molecule has 5 nitrogen and oxygen atoms in total. The summed E-state index contributed by atoms with van der Waals surface area (Å²) in [6.45, 7) is 2.50. The summed E-state index contributed by atoms with van der Waals surface area (Å²) in [6.07, 6.45) is 4.66. The van der Waals surface area contributed by atoms with Gasteiger partial charge in [0.05, 0.1) is 5.39 Å². The van der Waals surface area contributed by atoms with Gasteiger partial charge in [-0.05, 0) is 42.0 Å². The molecule has 1 aliphatic heterocycles. The second kappa shape index (κ2) is 6.00. The van der Waals surface area contributed by atoms with E-state index in [0.29, 0.717) is 17.8 Å². The Labute approximate surface area is 139 Å². The zero-order valence-electron chi connectivity index (χ0n) is 13.3. The van der Waals surface area contributed by atoms with E-state index in [1.165, 1.54) is 0 Å². The minimum atomic E-state index is -0.123. The molecule has 0 bridgehead atoms. The van der Waals surface area contributed by atoms with Crippen LogP contribution in [0, 0.1) is 5.92 Å². The summed E-state index contributed by atoms with van der Waals surface area (Å²) in [5, 5.41) is 11.2. The van der Waals surface area contributed by atoms with Crippen LogP contribution in [0.25, 0.3) is 10.8 Å². The summed E-state index contributed by atoms with van der Waals surface area (Å²) in [6, 6.07) is 13.0. The molecular weight excluding hydrogens is 302 g/mol. The first-order valence-corrected chi connectivity index (χ1v) is 8.19. The van der Waals surface area contributed by atoms with Crippen LogP contribution in [-0.2, 0) is 6.54 Å². The van der Waals surface area contributed by atoms with Gasteiger partial charge in [-0.1, -0.05) is 18.2 Å². The Kier molecular flexibility index (Phi) is 3.69. The summed E-state index contributed by atoms with van der Waals surface area (Å²) in [5.74, 6) is 1.44. The number of aromatic hydroxyl groups is 1. The quantitative estimate of drug-likeness (QED) is 0.806. The molecule has 1 aliphatic rings. The standard InChI is InChI=1S/C19H19N3O2/c23-16-5-3-4-15-8-11-22(19(24)18(15)16)13-14-7-10-21(12-14)17-6-1-2-9-20-17/h1-6,8-9,11,14,23H,7,10,12-13H2. The van der Waals surface area contributed by atoms with Crippen LogP contribution < -0.4 is 10.5 Å². The number of hydrogen-bond acceptors (Lipinski definition) is 4. The lowest BCUT2D eigenvalue weighted by Crippen LogP contribution is -2.26. The molecule has 1 aromatic carbocycles. The maximum absolute atomic E-state index is 12.7.